The number of carboxylic acids is 1. The van der Waals surface area contributed by atoms with Crippen molar-refractivity contribution in [3.8, 4) is 5.75 Å². The van der Waals surface area contributed by atoms with Crippen LogP contribution in [0.1, 0.15) is 10.4 Å². The molecule has 0 saturated carbocycles. The molecule has 4 N–H and O–H groups in total. The Balaban J connectivity index is 2.93. The monoisotopic (exact) mass is 283 g/mol. The second-order valence-electron chi connectivity index (χ2n) is 3.45. The molecule has 0 saturated heterocycles. The number of carbonyl (C=O) groups excluding carboxylic acids is 2. The van der Waals surface area contributed by atoms with Gasteiger partial charge in [-0.05, 0) is 6.07 Å². The number of nitro benzene ring substituents is 1. The zero-order valence-corrected chi connectivity index (χ0v) is 9.86. The molecular weight excluding hydrogens is 274 g/mol. The third-order valence-corrected chi connectivity index (χ3v) is 2.02. The predicted molar refractivity (Wildman–Crippen MR) is 63.3 cm³/mol. The Hall–Kier alpha value is -3.17. The second kappa shape index (κ2) is 6.13. The molecule has 10 nitrogen and oxygen atoms in total. The summed E-state index contributed by atoms with van der Waals surface area (Å²) in [5.74, 6) is -2.65. The Morgan fingerprint density at radius 2 is 2.05 bits per heavy atom. The van der Waals surface area contributed by atoms with E-state index in [0.29, 0.717) is 0 Å². The van der Waals surface area contributed by atoms with Crippen molar-refractivity contribution < 1.29 is 29.2 Å². The Morgan fingerprint density at radius 1 is 1.40 bits per heavy atom. The molecule has 0 aliphatic heterocycles. The van der Waals surface area contributed by atoms with Crippen LogP contribution in [0.15, 0.2) is 18.2 Å². The van der Waals surface area contributed by atoms with Crippen LogP contribution < -0.4 is 15.8 Å². The first-order valence-electron chi connectivity index (χ1n) is 5.05. The molecule has 0 spiro atoms. The number of nitrogens with zero attached hydrogens (tertiary/aromatic N) is 1. The number of imide groups is 1. The number of ether oxygens (including phenoxy) is 1. The zero-order chi connectivity index (χ0) is 15.3. The first kappa shape index (κ1) is 14.9. The highest BCUT2D eigenvalue weighted by atomic mass is 16.6. The van der Waals surface area contributed by atoms with E-state index in [9.17, 15) is 24.5 Å². The number of benzene rings is 1. The topological polar surface area (TPSA) is 162 Å². The molecule has 106 valence electrons. The number of nitro groups is 1. The number of carboxylic acid groups (broad SMARTS) is 1. The summed E-state index contributed by atoms with van der Waals surface area (Å²) in [6, 6.07) is 1.76. The fourth-order valence-electron chi connectivity index (χ4n) is 1.23. The van der Waals surface area contributed by atoms with Gasteiger partial charge in [0.1, 0.15) is 0 Å². The summed E-state index contributed by atoms with van der Waals surface area (Å²) in [6.45, 7) is -0.729. The predicted octanol–water partition coefficient (Wildman–Crippen LogP) is -0.133. The number of primary amides is 1. The van der Waals surface area contributed by atoms with Crippen molar-refractivity contribution in [2.75, 3.05) is 6.61 Å². The van der Waals surface area contributed by atoms with Crippen LogP contribution >= 0.6 is 0 Å². The van der Waals surface area contributed by atoms with Crippen LogP contribution in [0.4, 0.5) is 10.5 Å². The van der Waals surface area contributed by atoms with Crippen molar-refractivity contribution in [1.29, 1.82) is 0 Å². The fourth-order valence-corrected chi connectivity index (χ4v) is 1.23. The number of aromatic carboxylic acids is 1. The molecule has 0 aromatic heterocycles. The molecule has 0 aliphatic rings. The van der Waals surface area contributed by atoms with E-state index in [4.69, 9.17) is 15.6 Å². The lowest BCUT2D eigenvalue weighted by Gasteiger charge is -2.07. The molecule has 0 bridgehead atoms. The smallest absolute Gasteiger partial charge is 0.335 e. The molecule has 10 heteroatoms. The van der Waals surface area contributed by atoms with Gasteiger partial charge in [-0.15, -0.1) is 0 Å². The maximum atomic E-state index is 11.1. The molecule has 1 rings (SSSR count). The van der Waals surface area contributed by atoms with E-state index in [1.165, 1.54) is 0 Å². The lowest BCUT2D eigenvalue weighted by atomic mass is 10.2. The number of urea groups is 1. The molecule has 1 aromatic rings. The van der Waals surface area contributed by atoms with Gasteiger partial charge < -0.3 is 15.6 Å². The zero-order valence-electron chi connectivity index (χ0n) is 9.86. The molecule has 0 fully saturated rings. The summed E-state index contributed by atoms with van der Waals surface area (Å²) in [5, 5.41) is 21.2. The van der Waals surface area contributed by atoms with Gasteiger partial charge in [0.25, 0.3) is 5.91 Å². The maximum absolute atomic E-state index is 11.1. The molecule has 0 heterocycles. The van der Waals surface area contributed by atoms with Gasteiger partial charge in [0.05, 0.1) is 10.5 Å². The van der Waals surface area contributed by atoms with Gasteiger partial charge in [0.2, 0.25) is 0 Å². The first-order chi connectivity index (χ1) is 9.31. The SMILES string of the molecule is NC(=O)NC(=O)COc1cc(C(=O)O)ccc1[N+](=O)[O-]. The summed E-state index contributed by atoms with van der Waals surface area (Å²) in [7, 11) is 0. The van der Waals surface area contributed by atoms with Crippen LogP contribution in [0.5, 0.6) is 5.75 Å². The molecule has 0 atom stereocenters. The third-order valence-electron chi connectivity index (χ3n) is 2.02. The summed E-state index contributed by atoms with van der Waals surface area (Å²) >= 11 is 0. The van der Waals surface area contributed by atoms with Gasteiger partial charge in [-0.2, -0.15) is 0 Å². The highest BCUT2D eigenvalue weighted by Crippen LogP contribution is 2.27. The van der Waals surface area contributed by atoms with Crippen molar-refractivity contribution in [1.82, 2.24) is 5.32 Å². The number of amides is 3. The van der Waals surface area contributed by atoms with Crippen LogP contribution in [-0.2, 0) is 4.79 Å². The van der Waals surface area contributed by atoms with Crippen molar-refractivity contribution in [2.24, 2.45) is 5.73 Å². The lowest BCUT2D eigenvalue weighted by Crippen LogP contribution is -2.38. The summed E-state index contributed by atoms with van der Waals surface area (Å²) < 4.78 is 4.83. The van der Waals surface area contributed by atoms with Gasteiger partial charge in [-0.3, -0.25) is 20.2 Å². The number of nitrogens with two attached hydrogens (primary N) is 1. The van der Waals surface area contributed by atoms with Gasteiger partial charge in [0, 0.05) is 12.1 Å². The minimum absolute atomic E-state index is 0.249. The van der Waals surface area contributed by atoms with E-state index in [0.717, 1.165) is 18.2 Å². The van der Waals surface area contributed by atoms with Crippen LogP contribution in [0.25, 0.3) is 0 Å². The Bertz CT molecular complexity index is 584. The standard InChI is InChI=1S/C10H9N3O7/c11-10(17)12-8(14)4-20-7-3-5(9(15)16)1-2-6(7)13(18)19/h1-3H,4H2,(H,15,16)(H3,11,12,14,17). The molecule has 0 radical (unpaired) electrons. The van der Waals surface area contributed by atoms with Gasteiger partial charge in [-0.25, -0.2) is 9.59 Å². The van der Waals surface area contributed by atoms with Gasteiger partial charge in [0.15, 0.2) is 12.4 Å². The largest absolute Gasteiger partial charge is 0.478 e. The number of nitrogens with one attached hydrogen (secondary N) is 1. The van der Waals surface area contributed by atoms with Gasteiger partial charge in [-0.1, -0.05) is 0 Å². The minimum Gasteiger partial charge on any atom is -0.478 e. The summed E-state index contributed by atoms with van der Waals surface area (Å²) in [5.41, 5.74) is 3.93. The third kappa shape index (κ3) is 3.94. The first-order valence-corrected chi connectivity index (χ1v) is 5.05. The van der Waals surface area contributed by atoms with Crippen molar-refractivity contribution in [2.45, 2.75) is 0 Å². The van der Waals surface area contributed by atoms with Gasteiger partial charge >= 0.3 is 17.7 Å². The van der Waals surface area contributed by atoms with E-state index in [1.54, 1.807) is 5.32 Å². The van der Waals surface area contributed by atoms with Crippen LogP contribution in [0.3, 0.4) is 0 Å². The normalized spacial score (nSPS) is 9.60. The Labute approximate surface area is 111 Å². The summed E-state index contributed by atoms with van der Waals surface area (Å²) in [6.07, 6.45) is 0. The minimum atomic E-state index is -1.31. The van der Waals surface area contributed by atoms with Crippen LogP contribution in [-0.4, -0.2) is 34.5 Å². The number of hydrogen-bond donors (Lipinski definition) is 3. The maximum Gasteiger partial charge on any atom is 0.335 e. The molecule has 20 heavy (non-hydrogen) atoms. The second-order valence-corrected chi connectivity index (χ2v) is 3.45. The van der Waals surface area contributed by atoms with Crippen molar-refractivity contribution in [3.05, 3.63) is 33.9 Å². The van der Waals surface area contributed by atoms with E-state index >= 15 is 0 Å². The fraction of sp³-hybridized carbons (Fsp3) is 0.100. The molecule has 1 aromatic carbocycles. The van der Waals surface area contributed by atoms with E-state index in [-0.39, 0.29) is 5.56 Å². The van der Waals surface area contributed by atoms with E-state index in [2.05, 4.69) is 0 Å². The molecular formula is C10H9N3O7. The summed E-state index contributed by atoms with van der Waals surface area (Å²) in [4.78, 5) is 42.2. The lowest BCUT2D eigenvalue weighted by molar-refractivity contribution is -0.385. The van der Waals surface area contributed by atoms with Crippen LogP contribution in [0.2, 0.25) is 0 Å². The molecule has 3 amide bonds. The number of hydrogen-bond acceptors (Lipinski definition) is 6. The van der Waals surface area contributed by atoms with Crippen LogP contribution in [0, 0.1) is 10.1 Å². The average Bonchev–Trinajstić information content (AvgIpc) is 2.34. The van der Waals surface area contributed by atoms with E-state index < -0.39 is 40.9 Å². The molecule has 0 unspecified atom stereocenters. The van der Waals surface area contributed by atoms with Crippen molar-refractivity contribution >= 4 is 23.6 Å². The Kier molecular flexibility index (Phi) is 4.56. The highest BCUT2D eigenvalue weighted by Gasteiger charge is 2.19. The number of carbonyl (C=O) groups is 3. The quantitative estimate of drug-likeness (QED) is 0.500. The number of rotatable bonds is 5. The highest BCUT2D eigenvalue weighted by molar-refractivity contribution is 5.94. The molecule has 0 aliphatic carbocycles. The van der Waals surface area contributed by atoms with E-state index in [1.807, 2.05) is 0 Å². The Morgan fingerprint density at radius 3 is 2.55 bits per heavy atom. The van der Waals surface area contributed by atoms with Crippen molar-refractivity contribution in [3.63, 3.8) is 0 Å². The average molecular weight is 283 g/mol.